The van der Waals surface area contributed by atoms with Crippen LogP contribution >= 0.6 is 11.6 Å². The van der Waals surface area contributed by atoms with Crippen molar-refractivity contribution in [2.24, 2.45) is 0 Å². The van der Waals surface area contributed by atoms with Gasteiger partial charge < -0.3 is 5.73 Å². The highest BCUT2D eigenvalue weighted by Crippen LogP contribution is 2.26. The van der Waals surface area contributed by atoms with Crippen molar-refractivity contribution in [3.63, 3.8) is 0 Å². The van der Waals surface area contributed by atoms with E-state index in [1.807, 2.05) is 22.9 Å². The zero-order chi connectivity index (χ0) is 10.8. The van der Waals surface area contributed by atoms with Gasteiger partial charge in [0, 0.05) is 18.3 Å². The number of rotatable bonds is 2. The Morgan fingerprint density at radius 1 is 1.40 bits per heavy atom. The van der Waals surface area contributed by atoms with Crippen LogP contribution in [0.2, 0.25) is 5.02 Å². The van der Waals surface area contributed by atoms with Crippen LogP contribution in [-0.4, -0.2) is 9.78 Å². The molecule has 3 nitrogen and oxygen atoms in total. The second-order valence-electron chi connectivity index (χ2n) is 3.27. The lowest BCUT2D eigenvalue weighted by atomic mass is 10.1. The van der Waals surface area contributed by atoms with E-state index in [0.29, 0.717) is 10.7 Å². The Hall–Kier alpha value is -1.48. The van der Waals surface area contributed by atoms with Crippen LogP contribution in [0, 0.1) is 0 Å². The van der Waals surface area contributed by atoms with E-state index >= 15 is 0 Å². The van der Waals surface area contributed by atoms with Gasteiger partial charge in [-0.25, -0.2) is 0 Å². The zero-order valence-corrected chi connectivity index (χ0v) is 9.20. The number of hydrogen-bond donors (Lipinski definition) is 1. The van der Waals surface area contributed by atoms with Crippen LogP contribution in [0.15, 0.2) is 30.5 Å². The molecule has 0 radical (unpaired) electrons. The van der Waals surface area contributed by atoms with Gasteiger partial charge in [-0.15, -0.1) is 0 Å². The summed E-state index contributed by atoms with van der Waals surface area (Å²) in [5.41, 5.74) is 8.45. The summed E-state index contributed by atoms with van der Waals surface area (Å²) in [5.74, 6) is 0. The lowest BCUT2D eigenvalue weighted by molar-refractivity contribution is 0.667. The fraction of sp³-hybridized carbons (Fsp3) is 0.182. The summed E-state index contributed by atoms with van der Waals surface area (Å²) in [5, 5.41) is 4.79. The van der Waals surface area contributed by atoms with Crippen LogP contribution < -0.4 is 5.73 Å². The summed E-state index contributed by atoms with van der Waals surface area (Å²) in [6.45, 7) is 2.89. The van der Waals surface area contributed by atoms with Crippen molar-refractivity contribution in [2.45, 2.75) is 13.5 Å². The molecule has 0 spiro atoms. The molecule has 0 amide bonds. The highest BCUT2D eigenvalue weighted by molar-refractivity contribution is 6.33. The minimum atomic E-state index is 0.585. The molecule has 0 bridgehead atoms. The normalized spacial score (nSPS) is 10.5. The Morgan fingerprint density at radius 2 is 2.20 bits per heavy atom. The molecule has 1 aromatic heterocycles. The van der Waals surface area contributed by atoms with Crippen LogP contribution in [0.1, 0.15) is 6.92 Å². The highest BCUT2D eigenvalue weighted by Gasteiger charge is 2.05. The van der Waals surface area contributed by atoms with E-state index in [1.54, 1.807) is 12.3 Å². The second kappa shape index (κ2) is 3.95. The first kappa shape index (κ1) is 10.1. The monoisotopic (exact) mass is 221 g/mol. The van der Waals surface area contributed by atoms with Crippen molar-refractivity contribution in [3.8, 4) is 11.3 Å². The van der Waals surface area contributed by atoms with Crippen molar-refractivity contribution in [2.75, 3.05) is 5.73 Å². The molecule has 2 aromatic rings. The van der Waals surface area contributed by atoms with Gasteiger partial charge in [0.2, 0.25) is 0 Å². The molecule has 0 fully saturated rings. The molecule has 78 valence electrons. The third-order valence-corrected chi connectivity index (χ3v) is 2.65. The molecule has 1 heterocycles. The van der Waals surface area contributed by atoms with Crippen LogP contribution in [0.4, 0.5) is 5.69 Å². The molecular weight excluding hydrogens is 210 g/mol. The quantitative estimate of drug-likeness (QED) is 0.793. The fourth-order valence-corrected chi connectivity index (χ4v) is 1.65. The molecule has 2 rings (SSSR count). The Morgan fingerprint density at radius 3 is 2.87 bits per heavy atom. The van der Waals surface area contributed by atoms with Gasteiger partial charge in [0.05, 0.1) is 16.4 Å². The van der Waals surface area contributed by atoms with E-state index in [9.17, 15) is 0 Å². The summed E-state index contributed by atoms with van der Waals surface area (Å²) in [6, 6.07) is 7.58. The SMILES string of the molecule is CCn1nccc1-c1ccc(Cl)c(N)c1. The van der Waals surface area contributed by atoms with Gasteiger partial charge in [-0.3, -0.25) is 4.68 Å². The summed E-state index contributed by atoms with van der Waals surface area (Å²) >= 11 is 5.87. The third-order valence-electron chi connectivity index (χ3n) is 2.31. The van der Waals surface area contributed by atoms with Crippen molar-refractivity contribution >= 4 is 17.3 Å². The number of benzene rings is 1. The second-order valence-corrected chi connectivity index (χ2v) is 3.68. The lowest BCUT2D eigenvalue weighted by Crippen LogP contribution is -1.99. The molecule has 1 aromatic carbocycles. The average Bonchev–Trinajstić information content (AvgIpc) is 2.70. The van der Waals surface area contributed by atoms with E-state index in [-0.39, 0.29) is 0 Å². The molecule has 15 heavy (non-hydrogen) atoms. The minimum Gasteiger partial charge on any atom is -0.398 e. The first-order valence-electron chi connectivity index (χ1n) is 4.79. The smallest absolute Gasteiger partial charge is 0.0682 e. The average molecular weight is 222 g/mol. The van der Waals surface area contributed by atoms with Gasteiger partial charge in [0.1, 0.15) is 0 Å². The van der Waals surface area contributed by atoms with Gasteiger partial charge in [0.15, 0.2) is 0 Å². The van der Waals surface area contributed by atoms with E-state index in [2.05, 4.69) is 12.0 Å². The van der Waals surface area contributed by atoms with Crippen molar-refractivity contribution < 1.29 is 0 Å². The molecule has 4 heteroatoms. The van der Waals surface area contributed by atoms with Gasteiger partial charge >= 0.3 is 0 Å². The Balaban J connectivity index is 2.50. The topological polar surface area (TPSA) is 43.8 Å². The van der Waals surface area contributed by atoms with E-state index in [1.165, 1.54) is 0 Å². The number of hydrogen-bond acceptors (Lipinski definition) is 2. The zero-order valence-electron chi connectivity index (χ0n) is 8.44. The number of aromatic nitrogens is 2. The van der Waals surface area contributed by atoms with Crippen molar-refractivity contribution in [1.29, 1.82) is 0 Å². The van der Waals surface area contributed by atoms with Gasteiger partial charge in [-0.1, -0.05) is 17.7 Å². The highest BCUT2D eigenvalue weighted by atomic mass is 35.5. The maximum Gasteiger partial charge on any atom is 0.0682 e. The Labute approximate surface area is 93.5 Å². The Bertz CT molecular complexity index is 476. The minimum absolute atomic E-state index is 0.585. The number of nitrogens with zero attached hydrogens (tertiary/aromatic N) is 2. The van der Waals surface area contributed by atoms with Gasteiger partial charge in [-0.2, -0.15) is 5.10 Å². The standard InChI is InChI=1S/C11H12ClN3/c1-2-15-11(5-6-14-15)8-3-4-9(12)10(13)7-8/h3-7H,2,13H2,1H3. The van der Waals surface area contributed by atoms with Crippen LogP contribution in [-0.2, 0) is 6.54 Å². The number of aryl methyl sites for hydroxylation is 1. The number of anilines is 1. The summed E-state index contributed by atoms with van der Waals surface area (Å²) in [6.07, 6.45) is 1.78. The third kappa shape index (κ3) is 1.83. The fourth-order valence-electron chi connectivity index (χ4n) is 1.53. The van der Waals surface area contributed by atoms with Crippen molar-refractivity contribution in [1.82, 2.24) is 9.78 Å². The summed E-state index contributed by atoms with van der Waals surface area (Å²) in [4.78, 5) is 0. The van der Waals surface area contributed by atoms with Gasteiger partial charge in [0.25, 0.3) is 0 Å². The van der Waals surface area contributed by atoms with Crippen LogP contribution in [0.5, 0.6) is 0 Å². The predicted octanol–water partition coefficient (Wildman–Crippen LogP) is 2.81. The lowest BCUT2D eigenvalue weighted by Gasteiger charge is -2.06. The molecule has 0 saturated heterocycles. The number of halogens is 1. The number of nitrogen functional groups attached to an aromatic ring is 1. The molecule has 0 aliphatic heterocycles. The Kier molecular flexibility index (Phi) is 2.64. The van der Waals surface area contributed by atoms with E-state index in [4.69, 9.17) is 17.3 Å². The van der Waals surface area contributed by atoms with Crippen LogP contribution in [0.3, 0.4) is 0 Å². The molecule has 0 saturated carbocycles. The molecule has 0 aliphatic carbocycles. The molecule has 0 atom stereocenters. The maximum atomic E-state index is 5.87. The molecule has 0 unspecified atom stereocenters. The van der Waals surface area contributed by atoms with Gasteiger partial charge in [-0.05, 0) is 25.1 Å². The van der Waals surface area contributed by atoms with Crippen LogP contribution in [0.25, 0.3) is 11.3 Å². The maximum absolute atomic E-state index is 5.87. The predicted molar refractivity (Wildman–Crippen MR) is 62.8 cm³/mol. The summed E-state index contributed by atoms with van der Waals surface area (Å²) in [7, 11) is 0. The number of nitrogens with two attached hydrogens (primary N) is 1. The molecular formula is C11H12ClN3. The largest absolute Gasteiger partial charge is 0.398 e. The molecule has 0 aliphatic rings. The summed E-state index contributed by atoms with van der Waals surface area (Å²) < 4.78 is 1.92. The molecule has 2 N–H and O–H groups in total. The van der Waals surface area contributed by atoms with E-state index in [0.717, 1.165) is 17.8 Å². The van der Waals surface area contributed by atoms with E-state index < -0.39 is 0 Å². The first-order valence-corrected chi connectivity index (χ1v) is 5.17. The first-order chi connectivity index (χ1) is 7.22. The van der Waals surface area contributed by atoms with Crippen molar-refractivity contribution in [3.05, 3.63) is 35.5 Å².